The van der Waals surface area contributed by atoms with Gasteiger partial charge in [-0.25, -0.2) is 4.98 Å². The third-order valence-electron chi connectivity index (χ3n) is 4.43. The van der Waals surface area contributed by atoms with Gasteiger partial charge in [0.15, 0.2) is 0 Å². The maximum absolute atomic E-state index is 13.1. The fourth-order valence-corrected chi connectivity index (χ4v) is 3.26. The van der Waals surface area contributed by atoms with Gasteiger partial charge < -0.3 is 15.0 Å². The number of aromatic nitrogens is 2. The second-order valence-electron chi connectivity index (χ2n) is 6.66. The lowest BCUT2D eigenvalue weighted by Gasteiger charge is -2.17. The number of alkyl halides is 3. The van der Waals surface area contributed by atoms with Gasteiger partial charge in [-0.1, -0.05) is 6.08 Å². The molecular weight excluding hydrogens is 357 g/mol. The number of hydrogen-bond acceptors (Lipinski definition) is 4. The molecule has 27 heavy (non-hydrogen) atoms. The molecular formula is C19H19F3N4O. The van der Waals surface area contributed by atoms with Crippen LogP contribution in [0, 0.1) is 11.3 Å². The van der Waals surface area contributed by atoms with Crippen LogP contribution in [-0.4, -0.2) is 26.8 Å². The third-order valence-corrected chi connectivity index (χ3v) is 4.43. The first kappa shape index (κ1) is 19.0. The smallest absolute Gasteiger partial charge is 0.392 e. The monoisotopic (exact) mass is 376 g/mol. The Balaban J connectivity index is 1.72. The van der Waals surface area contributed by atoms with Crippen molar-refractivity contribution in [2.24, 2.45) is 0 Å². The zero-order chi connectivity index (χ0) is 19.6. The molecule has 0 fully saturated rings. The van der Waals surface area contributed by atoms with Crippen LogP contribution in [0.25, 0.3) is 5.57 Å². The zero-order valence-electron chi connectivity index (χ0n) is 14.7. The number of imidazole rings is 1. The first-order valence-electron chi connectivity index (χ1n) is 8.53. The van der Waals surface area contributed by atoms with Crippen molar-refractivity contribution in [1.29, 1.82) is 5.26 Å². The van der Waals surface area contributed by atoms with Crippen molar-refractivity contribution in [2.45, 2.75) is 44.6 Å². The van der Waals surface area contributed by atoms with Crippen molar-refractivity contribution in [2.75, 3.05) is 5.32 Å². The molecule has 8 heteroatoms. The molecule has 2 aromatic rings. The molecule has 142 valence electrons. The molecule has 0 saturated heterocycles. The van der Waals surface area contributed by atoms with Gasteiger partial charge in [0.05, 0.1) is 41.5 Å². The molecule has 0 amide bonds. The van der Waals surface area contributed by atoms with Gasteiger partial charge in [-0.2, -0.15) is 18.4 Å². The van der Waals surface area contributed by atoms with Gasteiger partial charge >= 0.3 is 6.18 Å². The second kappa shape index (κ2) is 7.45. The number of halogens is 3. The van der Waals surface area contributed by atoms with Gasteiger partial charge in [0.1, 0.15) is 0 Å². The van der Waals surface area contributed by atoms with Crippen LogP contribution in [0.3, 0.4) is 0 Å². The summed E-state index contributed by atoms with van der Waals surface area (Å²) in [6, 6.07) is 5.19. The lowest BCUT2D eigenvalue weighted by Crippen LogP contribution is -2.17. The van der Waals surface area contributed by atoms with Crippen LogP contribution in [0.2, 0.25) is 0 Å². The lowest BCUT2D eigenvalue weighted by molar-refractivity contribution is -0.137. The molecule has 0 bridgehead atoms. The Morgan fingerprint density at radius 1 is 1.44 bits per heavy atom. The topological polar surface area (TPSA) is 73.9 Å². The minimum Gasteiger partial charge on any atom is -0.392 e. The predicted octanol–water partition coefficient (Wildman–Crippen LogP) is 3.81. The number of hydrogen-bond donors (Lipinski definition) is 2. The number of aliphatic hydroxyl groups excluding tert-OH is 1. The van der Waals surface area contributed by atoms with Crippen LogP contribution in [0.15, 0.2) is 36.8 Å². The molecule has 1 heterocycles. The quantitative estimate of drug-likeness (QED) is 0.832. The van der Waals surface area contributed by atoms with Gasteiger partial charge in [0.25, 0.3) is 0 Å². The summed E-state index contributed by atoms with van der Waals surface area (Å²) in [7, 11) is 0. The van der Waals surface area contributed by atoms with Crippen LogP contribution in [0.4, 0.5) is 18.9 Å². The number of nitrogens with one attached hydrogen (secondary N) is 1. The Morgan fingerprint density at radius 3 is 2.89 bits per heavy atom. The number of nitriles is 1. The molecule has 0 spiro atoms. The Kier molecular flexibility index (Phi) is 5.24. The zero-order valence-corrected chi connectivity index (χ0v) is 14.7. The molecule has 3 rings (SSSR count). The highest BCUT2D eigenvalue weighted by Crippen LogP contribution is 2.35. The minimum absolute atomic E-state index is 0.0519. The normalized spacial score (nSPS) is 18.1. The molecule has 2 atom stereocenters. The Bertz CT molecular complexity index is 893. The molecule has 2 N–H and O–H groups in total. The molecule has 2 unspecified atom stereocenters. The Morgan fingerprint density at radius 2 is 2.22 bits per heavy atom. The molecule has 1 aromatic carbocycles. The summed E-state index contributed by atoms with van der Waals surface area (Å²) in [5, 5.41) is 21.6. The van der Waals surface area contributed by atoms with Crippen LogP contribution in [0.5, 0.6) is 0 Å². The van der Waals surface area contributed by atoms with E-state index in [2.05, 4.69) is 10.3 Å². The summed E-state index contributed by atoms with van der Waals surface area (Å²) in [5.74, 6) is 0. The minimum atomic E-state index is -4.57. The van der Waals surface area contributed by atoms with Gasteiger partial charge in [0, 0.05) is 18.3 Å². The molecule has 1 aromatic heterocycles. The molecule has 5 nitrogen and oxygen atoms in total. The van der Waals surface area contributed by atoms with E-state index in [0.29, 0.717) is 25.1 Å². The van der Waals surface area contributed by atoms with E-state index >= 15 is 0 Å². The maximum atomic E-state index is 13.1. The molecule has 0 radical (unpaired) electrons. The Hall–Kier alpha value is -2.79. The van der Waals surface area contributed by atoms with E-state index < -0.39 is 17.8 Å². The van der Waals surface area contributed by atoms with Crippen LogP contribution >= 0.6 is 0 Å². The van der Waals surface area contributed by atoms with Crippen molar-refractivity contribution >= 4 is 11.3 Å². The standard InChI is InChI=1S/C19H19F3N4O/c1-12(27)10-26-11-24-9-18(26)13-2-4-15(6-13)25-16-5-3-14(8-23)17(7-16)19(20,21)22/h2-3,5,7,9,11-12,15,25,27H,4,6,10H2,1H3. The largest absolute Gasteiger partial charge is 0.417 e. The molecule has 0 aliphatic heterocycles. The maximum Gasteiger partial charge on any atom is 0.417 e. The van der Waals surface area contributed by atoms with E-state index in [4.69, 9.17) is 5.26 Å². The Labute approximate surface area is 154 Å². The van der Waals surface area contributed by atoms with E-state index in [1.54, 1.807) is 25.5 Å². The summed E-state index contributed by atoms with van der Waals surface area (Å²) in [5.41, 5.74) is 0.946. The third kappa shape index (κ3) is 4.31. The van der Waals surface area contributed by atoms with E-state index in [1.165, 1.54) is 12.1 Å². The molecule has 1 aliphatic rings. The van der Waals surface area contributed by atoms with E-state index in [1.807, 2.05) is 10.6 Å². The van der Waals surface area contributed by atoms with E-state index in [0.717, 1.165) is 17.3 Å². The van der Waals surface area contributed by atoms with Crippen molar-refractivity contribution in [3.8, 4) is 6.07 Å². The summed E-state index contributed by atoms with van der Waals surface area (Å²) in [6.45, 7) is 2.12. The summed E-state index contributed by atoms with van der Waals surface area (Å²) < 4.78 is 41.2. The number of anilines is 1. The summed E-state index contributed by atoms with van der Waals surface area (Å²) in [6.07, 6.45) is 1.62. The van der Waals surface area contributed by atoms with Crippen molar-refractivity contribution in [3.05, 3.63) is 53.6 Å². The first-order chi connectivity index (χ1) is 12.8. The van der Waals surface area contributed by atoms with Gasteiger partial charge in [0.2, 0.25) is 0 Å². The van der Waals surface area contributed by atoms with Crippen LogP contribution in [-0.2, 0) is 12.7 Å². The van der Waals surface area contributed by atoms with Crippen LogP contribution < -0.4 is 5.32 Å². The average molecular weight is 376 g/mol. The number of aliphatic hydroxyl groups is 1. The summed E-state index contributed by atoms with van der Waals surface area (Å²) >= 11 is 0. The number of benzene rings is 1. The number of nitrogens with zero attached hydrogens (tertiary/aromatic N) is 3. The fraction of sp³-hybridized carbons (Fsp3) is 0.368. The first-order valence-corrected chi connectivity index (χ1v) is 8.53. The van der Waals surface area contributed by atoms with Crippen molar-refractivity contribution in [1.82, 2.24) is 9.55 Å². The second-order valence-corrected chi connectivity index (χ2v) is 6.66. The van der Waals surface area contributed by atoms with E-state index in [-0.39, 0.29) is 11.6 Å². The van der Waals surface area contributed by atoms with Gasteiger partial charge in [-0.15, -0.1) is 0 Å². The van der Waals surface area contributed by atoms with E-state index in [9.17, 15) is 18.3 Å². The molecule has 0 saturated carbocycles. The predicted molar refractivity (Wildman–Crippen MR) is 94.7 cm³/mol. The SMILES string of the molecule is CC(O)Cn1cncc1C1=CCC(Nc2ccc(C#N)c(C(F)(F)F)c2)C1. The van der Waals surface area contributed by atoms with Crippen LogP contribution in [0.1, 0.15) is 36.6 Å². The highest BCUT2D eigenvalue weighted by molar-refractivity contribution is 5.67. The van der Waals surface area contributed by atoms with Gasteiger partial charge in [-0.3, -0.25) is 0 Å². The fourth-order valence-electron chi connectivity index (χ4n) is 3.26. The average Bonchev–Trinajstić information content (AvgIpc) is 3.22. The highest BCUT2D eigenvalue weighted by Gasteiger charge is 2.34. The lowest BCUT2D eigenvalue weighted by atomic mass is 10.1. The van der Waals surface area contributed by atoms with Gasteiger partial charge in [-0.05, 0) is 43.5 Å². The highest BCUT2D eigenvalue weighted by atomic mass is 19.4. The van der Waals surface area contributed by atoms with Crippen molar-refractivity contribution < 1.29 is 18.3 Å². The number of rotatable bonds is 5. The summed E-state index contributed by atoms with van der Waals surface area (Å²) in [4.78, 5) is 4.12. The molecule has 1 aliphatic carbocycles. The van der Waals surface area contributed by atoms with Crippen molar-refractivity contribution in [3.63, 3.8) is 0 Å².